The van der Waals surface area contributed by atoms with E-state index in [1.54, 1.807) is 12.1 Å². The molecule has 3 rings (SSSR count). The Bertz CT molecular complexity index is 920. The summed E-state index contributed by atoms with van der Waals surface area (Å²) in [5.41, 5.74) is 1.59. The first-order valence-electron chi connectivity index (χ1n) is 7.07. The number of aromatic nitrogens is 3. The number of aromatic carboxylic acids is 1. The number of halogens is 2. The number of carbonyl (C=O) groups is 1. The molecule has 0 bridgehead atoms. The van der Waals surface area contributed by atoms with E-state index in [0.717, 1.165) is 5.56 Å². The first-order chi connectivity index (χ1) is 11.6. The first kappa shape index (κ1) is 16.1. The van der Waals surface area contributed by atoms with Gasteiger partial charge >= 0.3 is 5.97 Å². The highest BCUT2D eigenvalue weighted by molar-refractivity contribution is 6.30. The molecule has 2 aromatic heterocycles. The molecule has 122 valence electrons. The van der Waals surface area contributed by atoms with Gasteiger partial charge in [-0.3, -0.25) is 4.98 Å². The Morgan fingerprint density at radius 1 is 1.21 bits per heavy atom. The molecule has 0 unspecified atom stereocenters. The summed E-state index contributed by atoms with van der Waals surface area (Å²) in [6, 6.07) is 5.93. The maximum atomic E-state index is 13.1. The Balaban J connectivity index is 1.79. The molecule has 24 heavy (non-hydrogen) atoms. The van der Waals surface area contributed by atoms with Crippen LogP contribution in [0.5, 0.6) is 0 Å². The summed E-state index contributed by atoms with van der Waals surface area (Å²) < 4.78 is 13.1. The van der Waals surface area contributed by atoms with Crippen molar-refractivity contribution in [1.82, 2.24) is 15.0 Å². The highest BCUT2D eigenvalue weighted by atomic mass is 35.5. The van der Waals surface area contributed by atoms with Crippen molar-refractivity contribution < 1.29 is 14.3 Å². The second-order valence-corrected chi connectivity index (χ2v) is 5.42. The van der Waals surface area contributed by atoms with Gasteiger partial charge in [-0.15, -0.1) is 0 Å². The molecule has 0 aliphatic heterocycles. The molecule has 0 radical (unpaired) electrons. The van der Waals surface area contributed by atoms with E-state index in [4.69, 9.17) is 11.6 Å². The Kier molecular flexibility index (Phi) is 4.52. The molecule has 2 heterocycles. The number of hydrogen-bond donors (Lipinski definition) is 2. The highest BCUT2D eigenvalue weighted by Crippen LogP contribution is 2.20. The lowest BCUT2D eigenvalue weighted by Crippen LogP contribution is -2.09. The van der Waals surface area contributed by atoms with Crippen molar-refractivity contribution in [2.75, 3.05) is 11.9 Å². The number of anilines is 1. The predicted octanol–water partition coefficient (Wildman–Crippen LogP) is 3.17. The number of nitrogens with one attached hydrogen (secondary N) is 1. The maximum Gasteiger partial charge on any atom is 0.338 e. The van der Waals surface area contributed by atoms with E-state index < -0.39 is 11.8 Å². The Hall–Kier alpha value is -2.80. The summed E-state index contributed by atoms with van der Waals surface area (Å²) in [4.78, 5) is 23.5. The fourth-order valence-electron chi connectivity index (χ4n) is 2.29. The van der Waals surface area contributed by atoms with Gasteiger partial charge in [0.15, 0.2) is 5.82 Å². The smallest absolute Gasteiger partial charge is 0.338 e. The van der Waals surface area contributed by atoms with Crippen LogP contribution in [0.25, 0.3) is 11.0 Å². The predicted molar refractivity (Wildman–Crippen MR) is 87.9 cm³/mol. The van der Waals surface area contributed by atoms with Gasteiger partial charge in [0.2, 0.25) is 0 Å². The number of carboxylic acid groups (broad SMARTS) is 1. The minimum Gasteiger partial charge on any atom is -0.478 e. The lowest BCUT2D eigenvalue weighted by atomic mass is 10.1. The second-order valence-electron chi connectivity index (χ2n) is 5.01. The molecular weight excluding hydrogens is 335 g/mol. The van der Waals surface area contributed by atoms with E-state index in [9.17, 15) is 14.3 Å². The van der Waals surface area contributed by atoms with Crippen LogP contribution in [0.2, 0.25) is 5.02 Å². The van der Waals surface area contributed by atoms with Gasteiger partial charge < -0.3 is 10.4 Å². The van der Waals surface area contributed by atoms with E-state index >= 15 is 0 Å². The van der Waals surface area contributed by atoms with Crippen molar-refractivity contribution in [1.29, 1.82) is 0 Å². The third-order valence-electron chi connectivity index (χ3n) is 3.44. The lowest BCUT2D eigenvalue weighted by Gasteiger charge is -2.09. The van der Waals surface area contributed by atoms with Gasteiger partial charge in [-0.2, -0.15) is 0 Å². The van der Waals surface area contributed by atoms with E-state index in [-0.39, 0.29) is 16.1 Å². The fourth-order valence-corrected chi connectivity index (χ4v) is 2.49. The zero-order chi connectivity index (χ0) is 17.1. The van der Waals surface area contributed by atoms with Gasteiger partial charge in [0.1, 0.15) is 23.2 Å². The number of nitrogens with zero attached hydrogens (tertiary/aromatic N) is 3. The molecule has 0 spiro atoms. The Morgan fingerprint density at radius 2 is 2.04 bits per heavy atom. The molecule has 8 heteroatoms. The summed E-state index contributed by atoms with van der Waals surface area (Å²) in [5.74, 6) is -1.09. The minimum atomic E-state index is -1.08. The van der Waals surface area contributed by atoms with Gasteiger partial charge in [-0.1, -0.05) is 17.7 Å². The largest absolute Gasteiger partial charge is 0.478 e. The normalized spacial score (nSPS) is 10.8. The molecule has 3 aromatic rings. The molecule has 0 fully saturated rings. The third-order valence-corrected chi connectivity index (χ3v) is 3.73. The number of rotatable bonds is 5. The third kappa shape index (κ3) is 3.26. The van der Waals surface area contributed by atoms with Gasteiger partial charge in [0.05, 0.1) is 10.6 Å². The van der Waals surface area contributed by atoms with Crippen molar-refractivity contribution in [2.24, 2.45) is 0 Å². The molecule has 0 saturated carbocycles. The van der Waals surface area contributed by atoms with Crippen molar-refractivity contribution in [3.63, 3.8) is 0 Å². The summed E-state index contributed by atoms with van der Waals surface area (Å²) in [6.07, 6.45) is 3.28. The van der Waals surface area contributed by atoms with Crippen LogP contribution in [-0.2, 0) is 6.42 Å². The summed E-state index contributed by atoms with van der Waals surface area (Å²) in [6.45, 7) is 0.493. The van der Waals surface area contributed by atoms with Crippen LogP contribution in [0.15, 0.2) is 36.8 Å². The molecule has 0 amide bonds. The number of benzene rings is 1. The molecule has 0 atom stereocenters. The molecular formula is C16H12ClFN4O2. The maximum absolute atomic E-state index is 13.1. The molecule has 0 aliphatic rings. The van der Waals surface area contributed by atoms with Gasteiger partial charge in [-0.05, 0) is 30.2 Å². The minimum absolute atomic E-state index is 0.0655. The monoisotopic (exact) mass is 346 g/mol. The summed E-state index contributed by atoms with van der Waals surface area (Å²) >= 11 is 5.75. The second kappa shape index (κ2) is 6.76. The Morgan fingerprint density at radius 3 is 2.79 bits per heavy atom. The van der Waals surface area contributed by atoms with Crippen LogP contribution in [0.3, 0.4) is 0 Å². The first-order valence-corrected chi connectivity index (χ1v) is 7.45. The van der Waals surface area contributed by atoms with Crippen LogP contribution in [0.1, 0.15) is 15.9 Å². The molecule has 2 N–H and O–H groups in total. The van der Waals surface area contributed by atoms with Gasteiger partial charge in [0.25, 0.3) is 0 Å². The average Bonchev–Trinajstić information content (AvgIpc) is 2.57. The highest BCUT2D eigenvalue weighted by Gasteiger charge is 2.13. The van der Waals surface area contributed by atoms with E-state index in [0.29, 0.717) is 24.3 Å². The molecule has 0 saturated heterocycles. The number of pyridine rings is 1. The Labute approximate surface area is 141 Å². The summed E-state index contributed by atoms with van der Waals surface area (Å²) in [5, 5.41) is 12.4. The number of fused-ring (bicyclic) bond motifs is 1. The van der Waals surface area contributed by atoms with Crippen molar-refractivity contribution in [2.45, 2.75) is 6.42 Å². The molecule has 0 aliphatic carbocycles. The average molecular weight is 347 g/mol. The topological polar surface area (TPSA) is 88.0 Å². The number of hydrogen-bond acceptors (Lipinski definition) is 5. The van der Waals surface area contributed by atoms with E-state index in [1.165, 1.54) is 24.7 Å². The van der Waals surface area contributed by atoms with Crippen LogP contribution in [0.4, 0.5) is 10.2 Å². The van der Waals surface area contributed by atoms with Crippen molar-refractivity contribution in [3.05, 3.63) is 58.8 Å². The van der Waals surface area contributed by atoms with E-state index in [1.807, 2.05) is 0 Å². The van der Waals surface area contributed by atoms with Gasteiger partial charge in [0, 0.05) is 12.7 Å². The standard InChI is InChI=1S/C16H12ClFN4O2/c17-11-7-9(1-2-12(11)18)3-5-20-15-14-13(21-8-22-15)10(16(23)24)4-6-19-14/h1-2,4,6-8H,3,5H2,(H,23,24)(H,20,21,22). The zero-order valence-corrected chi connectivity index (χ0v) is 13.1. The number of carboxylic acids is 1. The van der Waals surface area contributed by atoms with Crippen LogP contribution < -0.4 is 5.32 Å². The quantitative estimate of drug-likeness (QED) is 0.737. The molecule has 6 nitrogen and oxygen atoms in total. The van der Waals surface area contributed by atoms with Crippen LogP contribution in [-0.4, -0.2) is 32.6 Å². The van der Waals surface area contributed by atoms with Crippen molar-refractivity contribution in [3.8, 4) is 0 Å². The van der Waals surface area contributed by atoms with E-state index in [2.05, 4.69) is 20.3 Å². The van der Waals surface area contributed by atoms with Crippen molar-refractivity contribution >= 4 is 34.4 Å². The lowest BCUT2D eigenvalue weighted by molar-refractivity contribution is 0.0698. The van der Waals surface area contributed by atoms with Crippen LogP contribution >= 0.6 is 11.6 Å². The molecule has 1 aromatic carbocycles. The zero-order valence-electron chi connectivity index (χ0n) is 12.3. The fraction of sp³-hybridized carbons (Fsp3) is 0.125. The van der Waals surface area contributed by atoms with Crippen LogP contribution in [0, 0.1) is 5.82 Å². The van der Waals surface area contributed by atoms with Gasteiger partial charge in [-0.25, -0.2) is 19.2 Å². The SMILES string of the molecule is O=C(O)c1ccnc2c(NCCc3ccc(F)c(Cl)c3)ncnc12. The summed E-state index contributed by atoms with van der Waals surface area (Å²) in [7, 11) is 0.